The number of phenols is 1. The highest BCUT2D eigenvalue weighted by Gasteiger charge is 2.49. The van der Waals surface area contributed by atoms with E-state index in [2.05, 4.69) is 19.8 Å². The van der Waals surface area contributed by atoms with Crippen LogP contribution in [0.4, 0.5) is 19.0 Å². The first-order valence-electron chi connectivity index (χ1n) is 16.1. The van der Waals surface area contributed by atoms with Crippen molar-refractivity contribution in [2.24, 2.45) is 0 Å². The Bertz CT molecular complexity index is 1820. The summed E-state index contributed by atoms with van der Waals surface area (Å²) in [4.78, 5) is 18.1. The number of fused-ring (bicyclic) bond motifs is 5. The highest BCUT2D eigenvalue weighted by Crippen LogP contribution is 2.44. The van der Waals surface area contributed by atoms with E-state index in [4.69, 9.17) is 9.72 Å². The van der Waals surface area contributed by atoms with Crippen LogP contribution in [0.5, 0.6) is 11.8 Å². The molecule has 0 amide bonds. The van der Waals surface area contributed by atoms with Gasteiger partial charge in [0.05, 0.1) is 23.1 Å². The zero-order chi connectivity index (χ0) is 31.0. The van der Waals surface area contributed by atoms with Gasteiger partial charge in [-0.1, -0.05) is 13.0 Å². The maximum absolute atomic E-state index is 16.9. The predicted octanol–water partition coefficient (Wildman–Crippen LogP) is 5.84. The van der Waals surface area contributed by atoms with Gasteiger partial charge in [-0.25, -0.2) is 13.2 Å². The topological polar surface area (TPSA) is 94.8 Å². The maximum Gasteiger partial charge on any atom is 0.319 e. The van der Waals surface area contributed by atoms with Gasteiger partial charge >= 0.3 is 6.01 Å². The first-order valence-corrected chi connectivity index (χ1v) is 16.1. The van der Waals surface area contributed by atoms with E-state index in [9.17, 15) is 19.0 Å². The molecule has 2 aromatic carbocycles. The molecule has 8 rings (SSSR count). The fourth-order valence-corrected chi connectivity index (χ4v) is 8.61. The summed E-state index contributed by atoms with van der Waals surface area (Å²) in [5, 5.41) is 22.9. The number of alkyl halides is 1. The monoisotopic (exact) mass is 619 g/mol. The minimum Gasteiger partial charge on any atom is -0.508 e. The van der Waals surface area contributed by atoms with Crippen LogP contribution in [-0.2, 0) is 6.42 Å². The SMILES string of the molecule is CCc1c(F)ccc2cc(O)cc(-c3ncc4c(N5C6CCC(O)C5CC6)nc(OC[C@@]56CCCN5C[C@H](F)C6)nc4c3F)c12. The van der Waals surface area contributed by atoms with Gasteiger partial charge in [0.15, 0.2) is 5.82 Å². The Morgan fingerprint density at radius 1 is 1.11 bits per heavy atom. The Morgan fingerprint density at radius 2 is 1.96 bits per heavy atom. The van der Waals surface area contributed by atoms with Crippen LogP contribution in [0.3, 0.4) is 0 Å². The average molecular weight is 620 g/mol. The summed E-state index contributed by atoms with van der Waals surface area (Å²) in [5.41, 5.74) is 0.135. The largest absolute Gasteiger partial charge is 0.508 e. The molecule has 45 heavy (non-hydrogen) atoms. The molecule has 236 valence electrons. The summed E-state index contributed by atoms with van der Waals surface area (Å²) in [6, 6.07) is 5.78. The molecule has 4 aliphatic heterocycles. The number of aliphatic hydroxyl groups excluding tert-OH is 1. The highest BCUT2D eigenvalue weighted by molar-refractivity contribution is 6.01. The van der Waals surface area contributed by atoms with Gasteiger partial charge in [0.2, 0.25) is 0 Å². The molecule has 4 fully saturated rings. The van der Waals surface area contributed by atoms with Crippen molar-refractivity contribution in [3.05, 3.63) is 47.7 Å². The number of nitrogens with zero attached hydrogens (tertiary/aromatic N) is 5. The minimum atomic E-state index is -0.923. The van der Waals surface area contributed by atoms with Crippen LogP contribution in [0.25, 0.3) is 32.9 Å². The Labute approximate surface area is 258 Å². The van der Waals surface area contributed by atoms with E-state index in [1.807, 2.05) is 6.92 Å². The molecule has 6 heterocycles. The van der Waals surface area contributed by atoms with E-state index in [0.717, 1.165) is 38.6 Å². The van der Waals surface area contributed by atoms with Gasteiger partial charge in [-0.15, -0.1) is 0 Å². The van der Waals surface area contributed by atoms with E-state index < -0.39 is 29.4 Å². The quantitative estimate of drug-likeness (QED) is 0.278. The summed E-state index contributed by atoms with van der Waals surface area (Å²) in [5.74, 6) is -0.799. The molecule has 0 radical (unpaired) electrons. The second kappa shape index (κ2) is 10.7. The van der Waals surface area contributed by atoms with Crippen molar-refractivity contribution < 1.29 is 28.1 Å². The van der Waals surface area contributed by atoms with Crippen molar-refractivity contribution in [1.29, 1.82) is 0 Å². The van der Waals surface area contributed by atoms with E-state index in [1.165, 1.54) is 24.4 Å². The van der Waals surface area contributed by atoms with Gasteiger partial charge in [0.25, 0.3) is 0 Å². The summed E-state index contributed by atoms with van der Waals surface area (Å²) >= 11 is 0. The van der Waals surface area contributed by atoms with E-state index in [-0.39, 0.29) is 47.2 Å². The van der Waals surface area contributed by atoms with E-state index >= 15 is 4.39 Å². The standard InChI is InChI=1S/C34H36F3N5O3/c1-2-22-25(36)7-4-18-12-21(43)13-23(28(18)22)30-29(37)31-24(15-38-30)32(42-20-5-8-26(42)27(44)9-6-20)40-33(39-31)45-17-34-10-3-11-41(34)16-19(35)14-34/h4,7,12-13,15,19-20,26-27,43-44H,2-3,5-6,8-11,14,16-17H2,1H3/t19-,20?,26?,27?,34+/m1/s1. The molecule has 2 N–H and O–H groups in total. The number of pyridine rings is 1. The zero-order valence-corrected chi connectivity index (χ0v) is 25.1. The van der Waals surface area contributed by atoms with Gasteiger partial charge in [-0.05, 0) is 86.0 Å². The Balaban J connectivity index is 1.30. The molecule has 0 spiro atoms. The first-order chi connectivity index (χ1) is 21.8. The van der Waals surface area contributed by atoms with Gasteiger partial charge in [0, 0.05) is 30.8 Å². The second-order valence-electron chi connectivity index (χ2n) is 13.2. The van der Waals surface area contributed by atoms with Crippen LogP contribution >= 0.6 is 0 Å². The number of aromatic hydroxyl groups is 1. The van der Waals surface area contributed by atoms with Crippen molar-refractivity contribution in [3.63, 3.8) is 0 Å². The number of hydrogen-bond donors (Lipinski definition) is 2. The molecule has 4 aliphatic rings. The number of benzene rings is 2. The van der Waals surface area contributed by atoms with Crippen LogP contribution in [0.1, 0.15) is 57.4 Å². The van der Waals surface area contributed by atoms with Crippen LogP contribution < -0.4 is 9.64 Å². The summed E-state index contributed by atoms with van der Waals surface area (Å²) in [6.45, 7) is 3.20. The number of aliphatic hydroxyl groups is 1. The second-order valence-corrected chi connectivity index (χ2v) is 13.2. The number of ether oxygens (including phenoxy) is 1. The molecular formula is C34H36F3N5O3. The van der Waals surface area contributed by atoms with Crippen molar-refractivity contribution in [1.82, 2.24) is 19.9 Å². The van der Waals surface area contributed by atoms with Crippen LogP contribution in [-0.4, -0.2) is 79.7 Å². The molecular weight excluding hydrogens is 583 g/mol. The molecule has 0 saturated carbocycles. The Hall–Kier alpha value is -3.70. The molecule has 0 aliphatic carbocycles. The lowest BCUT2D eigenvalue weighted by Gasteiger charge is -2.39. The van der Waals surface area contributed by atoms with Gasteiger partial charge in [-0.2, -0.15) is 9.97 Å². The predicted molar refractivity (Wildman–Crippen MR) is 164 cm³/mol. The lowest BCUT2D eigenvalue weighted by Crippen LogP contribution is -2.48. The molecule has 8 nitrogen and oxygen atoms in total. The third kappa shape index (κ3) is 4.52. The minimum absolute atomic E-state index is 0.0130. The number of halogens is 3. The number of phenolic OH excluding ortho intramolecular Hbond substituents is 1. The smallest absolute Gasteiger partial charge is 0.319 e. The zero-order valence-electron chi connectivity index (χ0n) is 25.1. The number of hydrogen-bond acceptors (Lipinski definition) is 8. The molecule has 5 atom stereocenters. The van der Waals surface area contributed by atoms with Crippen LogP contribution in [0.2, 0.25) is 0 Å². The maximum atomic E-state index is 16.9. The molecule has 3 unspecified atom stereocenters. The molecule has 4 aromatic rings. The van der Waals surface area contributed by atoms with Crippen molar-refractivity contribution in [2.45, 2.75) is 88.2 Å². The number of aromatic nitrogens is 3. The Kier molecular flexibility index (Phi) is 6.83. The number of piperidine rings is 1. The number of rotatable bonds is 6. The fraction of sp³-hybridized carbons (Fsp3) is 0.500. The summed E-state index contributed by atoms with van der Waals surface area (Å²) in [7, 11) is 0. The van der Waals surface area contributed by atoms with E-state index in [0.29, 0.717) is 53.3 Å². The first kappa shape index (κ1) is 28.8. The van der Waals surface area contributed by atoms with Crippen molar-refractivity contribution in [3.8, 4) is 23.0 Å². The van der Waals surface area contributed by atoms with Crippen molar-refractivity contribution in [2.75, 3.05) is 24.6 Å². The lowest BCUT2D eigenvalue weighted by molar-refractivity contribution is 0.107. The molecule has 2 bridgehead atoms. The van der Waals surface area contributed by atoms with Crippen molar-refractivity contribution >= 4 is 27.5 Å². The van der Waals surface area contributed by atoms with Gasteiger partial charge < -0.3 is 19.8 Å². The third-order valence-electron chi connectivity index (χ3n) is 10.7. The van der Waals surface area contributed by atoms with Crippen LogP contribution in [0, 0.1) is 11.6 Å². The third-order valence-corrected chi connectivity index (χ3v) is 10.7. The highest BCUT2D eigenvalue weighted by atomic mass is 19.1. The molecule has 4 saturated heterocycles. The number of aryl methyl sites for hydroxylation is 1. The summed E-state index contributed by atoms with van der Waals surface area (Å²) in [6.07, 6.45) is 5.70. The normalized spacial score (nSPS) is 28.0. The van der Waals surface area contributed by atoms with Gasteiger partial charge in [-0.3, -0.25) is 9.88 Å². The fourth-order valence-electron chi connectivity index (χ4n) is 8.61. The van der Waals surface area contributed by atoms with Crippen LogP contribution in [0.15, 0.2) is 30.5 Å². The molecule has 2 aromatic heterocycles. The lowest BCUT2D eigenvalue weighted by atomic mass is 9.94. The Morgan fingerprint density at radius 3 is 2.80 bits per heavy atom. The van der Waals surface area contributed by atoms with Gasteiger partial charge in [0.1, 0.15) is 41.4 Å². The summed E-state index contributed by atoms with van der Waals surface area (Å²) < 4.78 is 52.5. The van der Waals surface area contributed by atoms with E-state index in [1.54, 1.807) is 6.07 Å². The molecule has 11 heteroatoms. The number of anilines is 1. The average Bonchev–Trinajstić information content (AvgIpc) is 3.66.